The Kier molecular flexibility index (Phi) is 4.30. The van der Waals surface area contributed by atoms with Gasteiger partial charge in [-0.1, -0.05) is 5.16 Å². The SMILES string of the molecule is Cc1cc(-c2cc(C(=O)N(C)C(C)c3ccco3)c3c(C)noc3n2)c(C)o1. The Morgan fingerprint density at radius 3 is 2.64 bits per heavy atom. The van der Waals surface area contributed by atoms with E-state index in [4.69, 9.17) is 13.4 Å². The summed E-state index contributed by atoms with van der Waals surface area (Å²) in [6.45, 7) is 7.46. The Bertz CT molecular complexity index is 1150. The van der Waals surface area contributed by atoms with E-state index in [0.29, 0.717) is 33.8 Å². The fraction of sp³-hybridized carbons (Fsp3) is 0.286. The topological polar surface area (TPSA) is 85.5 Å². The molecule has 0 aliphatic heterocycles. The van der Waals surface area contributed by atoms with Gasteiger partial charge in [0.25, 0.3) is 11.6 Å². The van der Waals surface area contributed by atoms with Gasteiger partial charge in [-0.3, -0.25) is 4.79 Å². The lowest BCUT2D eigenvalue weighted by Gasteiger charge is -2.23. The van der Waals surface area contributed by atoms with Crippen LogP contribution in [0.5, 0.6) is 0 Å². The van der Waals surface area contributed by atoms with Crippen LogP contribution in [0.2, 0.25) is 0 Å². The summed E-state index contributed by atoms with van der Waals surface area (Å²) in [6, 6.07) is 7.10. The van der Waals surface area contributed by atoms with Crippen molar-refractivity contribution in [1.29, 1.82) is 0 Å². The normalized spacial score (nSPS) is 12.5. The van der Waals surface area contributed by atoms with E-state index in [-0.39, 0.29) is 11.9 Å². The fourth-order valence-electron chi connectivity index (χ4n) is 3.37. The van der Waals surface area contributed by atoms with Crippen molar-refractivity contribution >= 4 is 17.0 Å². The first-order chi connectivity index (χ1) is 13.4. The van der Waals surface area contributed by atoms with Crippen LogP contribution in [-0.2, 0) is 0 Å². The molecular weight excluding hydrogens is 358 g/mol. The standard InChI is InChI=1S/C21H21N3O4/c1-11-9-15(14(4)27-11)17-10-16(19-12(2)23-28-20(19)22-17)21(25)24(5)13(3)18-7-6-8-26-18/h6-10,13H,1-5H3. The summed E-state index contributed by atoms with van der Waals surface area (Å²) in [7, 11) is 1.75. The van der Waals surface area contributed by atoms with Crippen LogP contribution in [0.4, 0.5) is 0 Å². The minimum Gasteiger partial charge on any atom is -0.467 e. The molecule has 0 saturated heterocycles. The molecule has 4 rings (SSSR count). The molecule has 1 amide bonds. The summed E-state index contributed by atoms with van der Waals surface area (Å²) in [4.78, 5) is 19.6. The van der Waals surface area contributed by atoms with Gasteiger partial charge in [0.05, 0.1) is 34.6 Å². The summed E-state index contributed by atoms with van der Waals surface area (Å²) >= 11 is 0. The van der Waals surface area contributed by atoms with E-state index in [9.17, 15) is 4.79 Å². The summed E-state index contributed by atoms with van der Waals surface area (Å²) in [5.74, 6) is 2.06. The molecule has 4 aromatic rings. The third-order valence-corrected chi connectivity index (χ3v) is 5.02. The lowest BCUT2D eigenvalue weighted by atomic mass is 10.0. The van der Waals surface area contributed by atoms with E-state index < -0.39 is 0 Å². The minimum absolute atomic E-state index is 0.165. The van der Waals surface area contributed by atoms with E-state index >= 15 is 0 Å². The molecule has 0 aliphatic carbocycles. The highest BCUT2D eigenvalue weighted by Gasteiger charge is 2.26. The molecule has 4 heterocycles. The van der Waals surface area contributed by atoms with Gasteiger partial charge in [0.2, 0.25) is 0 Å². The van der Waals surface area contributed by atoms with Gasteiger partial charge in [0, 0.05) is 12.6 Å². The van der Waals surface area contributed by atoms with E-state index in [2.05, 4.69) is 10.1 Å². The summed E-state index contributed by atoms with van der Waals surface area (Å²) in [5, 5.41) is 4.62. The second-order valence-corrected chi connectivity index (χ2v) is 6.94. The first kappa shape index (κ1) is 18.0. The Morgan fingerprint density at radius 1 is 1.21 bits per heavy atom. The number of pyridine rings is 1. The van der Waals surface area contributed by atoms with Crippen LogP contribution in [0, 0.1) is 20.8 Å². The summed E-state index contributed by atoms with van der Waals surface area (Å²) < 4.78 is 16.5. The van der Waals surface area contributed by atoms with Gasteiger partial charge in [0.1, 0.15) is 17.3 Å². The van der Waals surface area contributed by atoms with Crippen LogP contribution in [0.25, 0.3) is 22.4 Å². The van der Waals surface area contributed by atoms with Gasteiger partial charge in [-0.25, -0.2) is 4.98 Å². The Morgan fingerprint density at radius 2 is 2.00 bits per heavy atom. The van der Waals surface area contributed by atoms with E-state index in [1.54, 1.807) is 37.3 Å². The molecule has 0 aliphatic rings. The maximum atomic E-state index is 13.4. The molecule has 0 spiro atoms. The largest absolute Gasteiger partial charge is 0.467 e. The lowest BCUT2D eigenvalue weighted by Crippen LogP contribution is -2.29. The number of fused-ring (bicyclic) bond motifs is 1. The maximum Gasteiger partial charge on any atom is 0.259 e. The predicted molar refractivity (Wildman–Crippen MR) is 103 cm³/mol. The fourth-order valence-corrected chi connectivity index (χ4v) is 3.37. The van der Waals surface area contributed by atoms with Gasteiger partial charge in [-0.05, 0) is 52.0 Å². The van der Waals surface area contributed by atoms with E-state index in [1.807, 2.05) is 32.9 Å². The molecule has 0 N–H and O–H groups in total. The number of amides is 1. The van der Waals surface area contributed by atoms with Crippen LogP contribution in [-0.4, -0.2) is 28.0 Å². The molecule has 0 saturated carbocycles. The summed E-state index contributed by atoms with van der Waals surface area (Å²) in [5.41, 5.74) is 2.87. The molecule has 7 heteroatoms. The molecule has 1 atom stereocenters. The molecule has 0 fully saturated rings. The molecule has 0 aromatic carbocycles. The van der Waals surface area contributed by atoms with Crippen molar-refractivity contribution in [3.05, 3.63) is 59.1 Å². The van der Waals surface area contributed by atoms with Gasteiger partial charge in [0.15, 0.2) is 0 Å². The first-order valence-corrected chi connectivity index (χ1v) is 9.01. The molecule has 28 heavy (non-hydrogen) atoms. The van der Waals surface area contributed by atoms with Gasteiger partial charge < -0.3 is 18.3 Å². The molecular formula is C21H21N3O4. The number of rotatable bonds is 4. The predicted octanol–water partition coefficient (Wildman–Crippen LogP) is 4.83. The number of carbonyl (C=O) groups is 1. The molecule has 1 unspecified atom stereocenters. The van der Waals surface area contributed by atoms with Crippen molar-refractivity contribution in [3.63, 3.8) is 0 Å². The van der Waals surface area contributed by atoms with Crippen LogP contribution in [0.3, 0.4) is 0 Å². The number of hydrogen-bond acceptors (Lipinski definition) is 6. The molecule has 144 valence electrons. The van der Waals surface area contributed by atoms with E-state index in [0.717, 1.165) is 17.1 Å². The van der Waals surface area contributed by atoms with E-state index in [1.165, 1.54) is 0 Å². The molecule has 0 radical (unpaired) electrons. The number of carbonyl (C=O) groups excluding carboxylic acids is 1. The minimum atomic E-state index is -0.229. The average molecular weight is 379 g/mol. The van der Waals surface area contributed by atoms with Crippen LogP contribution < -0.4 is 0 Å². The van der Waals surface area contributed by atoms with Gasteiger partial charge in [-0.2, -0.15) is 0 Å². The van der Waals surface area contributed by atoms with Crippen molar-refractivity contribution in [1.82, 2.24) is 15.0 Å². The molecule has 4 aromatic heterocycles. The number of aryl methyl sites for hydroxylation is 3. The number of nitrogens with zero attached hydrogens (tertiary/aromatic N) is 3. The third kappa shape index (κ3) is 2.89. The number of aromatic nitrogens is 2. The zero-order valence-corrected chi connectivity index (χ0v) is 16.4. The van der Waals surface area contributed by atoms with Crippen molar-refractivity contribution < 1.29 is 18.2 Å². The monoisotopic (exact) mass is 379 g/mol. The lowest BCUT2D eigenvalue weighted by molar-refractivity contribution is 0.0728. The number of furan rings is 2. The quantitative estimate of drug-likeness (QED) is 0.505. The average Bonchev–Trinajstić information content (AvgIpc) is 3.40. The zero-order chi connectivity index (χ0) is 20.0. The Balaban J connectivity index is 1.84. The van der Waals surface area contributed by atoms with Crippen LogP contribution in [0.1, 0.15) is 46.3 Å². The molecule has 0 bridgehead atoms. The second kappa shape index (κ2) is 6.67. The Labute approximate surface area is 161 Å². The molecule has 7 nitrogen and oxygen atoms in total. The van der Waals surface area contributed by atoms with Crippen LogP contribution in [0.15, 0.2) is 43.9 Å². The Hall–Kier alpha value is -3.35. The zero-order valence-electron chi connectivity index (χ0n) is 16.4. The van der Waals surface area contributed by atoms with Crippen molar-refractivity contribution in [3.8, 4) is 11.3 Å². The maximum absolute atomic E-state index is 13.4. The van der Waals surface area contributed by atoms with Crippen molar-refractivity contribution in [2.75, 3.05) is 7.05 Å². The first-order valence-electron chi connectivity index (χ1n) is 9.01. The van der Waals surface area contributed by atoms with Gasteiger partial charge >= 0.3 is 0 Å². The van der Waals surface area contributed by atoms with Crippen molar-refractivity contribution in [2.45, 2.75) is 33.7 Å². The van der Waals surface area contributed by atoms with Crippen molar-refractivity contribution in [2.24, 2.45) is 0 Å². The van der Waals surface area contributed by atoms with Crippen LogP contribution >= 0.6 is 0 Å². The highest BCUT2D eigenvalue weighted by atomic mass is 16.5. The van der Waals surface area contributed by atoms with Gasteiger partial charge in [-0.15, -0.1) is 0 Å². The third-order valence-electron chi connectivity index (χ3n) is 5.02. The summed E-state index contributed by atoms with van der Waals surface area (Å²) in [6.07, 6.45) is 1.60. The highest BCUT2D eigenvalue weighted by molar-refractivity contribution is 6.07. The highest BCUT2D eigenvalue weighted by Crippen LogP contribution is 2.32. The number of hydrogen-bond donors (Lipinski definition) is 0. The second-order valence-electron chi connectivity index (χ2n) is 6.94. The smallest absolute Gasteiger partial charge is 0.259 e.